The second-order valence-electron chi connectivity index (χ2n) is 4.65. The number of nitrogens with one attached hydrogen (secondary N) is 1. The lowest BCUT2D eigenvalue weighted by Gasteiger charge is -2.20. The van der Waals surface area contributed by atoms with E-state index in [0.29, 0.717) is 5.92 Å². The lowest BCUT2D eigenvalue weighted by Crippen LogP contribution is -2.41. The highest BCUT2D eigenvalue weighted by atomic mass is 35.5. The van der Waals surface area contributed by atoms with Crippen molar-refractivity contribution in [3.63, 3.8) is 0 Å². The Bertz CT molecular complexity index is 205. The zero-order valence-electron chi connectivity index (χ0n) is 10.2. The van der Waals surface area contributed by atoms with Crippen LogP contribution in [0.15, 0.2) is 0 Å². The molecule has 0 bridgehead atoms. The van der Waals surface area contributed by atoms with Crippen LogP contribution in [0.2, 0.25) is 0 Å². The first-order valence-corrected chi connectivity index (χ1v) is 5.85. The van der Waals surface area contributed by atoms with Crippen LogP contribution in [0.25, 0.3) is 0 Å². The molecule has 0 aliphatic carbocycles. The van der Waals surface area contributed by atoms with Crippen molar-refractivity contribution >= 4 is 18.3 Å². The minimum absolute atomic E-state index is 0. The van der Waals surface area contributed by atoms with Crippen LogP contribution in [0.4, 0.5) is 0 Å². The summed E-state index contributed by atoms with van der Waals surface area (Å²) in [5.74, 6) is 0.453. The second-order valence-corrected chi connectivity index (χ2v) is 4.65. The highest BCUT2D eigenvalue weighted by Crippen LogP contribution is 2.09. The van der Waals surface area contributed by atoms with Crippen molar-refractivity contribution in [1.82, 2.24) is 10.2 Å². The molecule has 1 aliphatic rings. The molecule has 16 heavy (non-hydrogen) atoms. The van der Waals surface area contributed by atoms with Gasteiger partial charge in [0.1, 0.15) is 0 Å². The van der Waals surface area contributed by atoms with Gasteiger partial charge in [0.2, 0.25) is 5.91 Å². The summed E-state index contributed by atoms with van der Waals surface area (Å²) < 4.78 is 0. The zero-order valence-corrected chi connectivity index (χ0v) is 11.1. The quantitative estimate of drug-likeness (QED) is 0.751. The molecule has 2 atom stereocenters. The van der Waals surface area contributed by atoms with E-state index >= 15 is 0 Å². The molecule has 0 saturated carbocycles. The van der Waals surface area contributed by atoms with Crippen molar-refractivity contribution in [2.75, 3.05) is 26.2 Å². The third kappa shape index (κ3) is 5.68. The molecule has 2 unspecified atom stereocenters. The number of nitrogens with zero attached hydrogens (tertiary/aromatic N) is 1. The Labute approximate surface area is 104 Å². The van der Waals surface area contributed by atoms with E-state index in [-0.39, 0.29) is 18.3 Å². The maximum atomic E-state index is 11.2. The Hall–Kier alpha value is -0.320. The van der Waals surface area contributed by atoms with Gasteiger partial charge in [0.15, 0.2) is 0 Å². The molecule has 1 fully saturated rings. The number of hydrogen-bond acceptors (Lipinski definition) is 3. The average molecular weight is 250 g/mol. The normalized spacial score (nSPS) is 19.9. The Balaban J connectivity index is 0.00000225. The molecule has 1 aliphatic heterocycles. The van der Waals surface area contributed by atoms with Gasteiger partial charge >= 0.3 is 0 Å². The van der Waals surface area contributed by atoms with Crippen LogP contribution in [-0.4, -0.2) is 43.0 Å². The molecule has 1 heterocycles. The molecule has 0 spiro atoms. The molecule has 1 saturated heterocycles. The number of carbonyl (C=O) groups is 1. The van der Waals surface area contributed by atoms with Crippen molar-refractivity contribution in [3.05, 3.63) is 0 Å². The van der Waals surface area contributed by atoms with Gasteiger partial charge in [-0.3, -0.25) is 4.79 Å². The average Bonchev–Trinajstić information content (AvgIpc) is 2.66. The van der Waals surface area contributed by atoms with E-state index in [9.17, 15) is 4.79 Å². The Kier molecular flexibility index (Phi) is 7.72. The minimum Gasteiger partial charge on any atom is -0.354 e. The predicted octanol–water partition coefficient (Wildman–Crippen LogP) is 0.604. The fourth-order valence-corrected chi connectivity index (χ4v) is 1.91. The summed E-state index contributed by atoms with van der Waals surface area (Å²) in [6, 6.07) is -0.399. The van der Waals surface area contributed by atoms with Crippen LogP contribution < -0.4 is 11.1 Å². The van der Waals surface area contributed by atoms with Crippen molar-refractivity contribution in [3.8, 4) is 0 Å². The van der Waals surface area contributed by atoms with E-state index in [1.807, 2.05) is 0 Å². The lowest BCUT2D eigenvalue weighted by molar-refractivity contribution is -0.122. The van der Waals surface area contributed by atoms with Gasteiger partial charge < -0.3 is 16.0 Å². The van der Waals surface area contributed by atoms with Crippen LogP contribution in [-0.2, 0) is 4.79 Å². The third-order valence-corrected chi connectivity index (χ3v) is 2.81. The van der Waals surface area contributed by atoms with Gasteiger partial charge in [-0.15, -0.1) is 12.4 Å². The Morgan fingerprint density at radius 1 is 1.38 bits per heavy atom. The van der Waals surface area contributed by atoms with Crippen LogP contribution in [0, 0.1) is 5.92 Å². The molecular formula is C11H24ClN3O. The maximum absolute atomic E-state index is 11.2. The summed E-state index contributed by atoms with van der Waals surface area (Å²) in [7, 11) is 0. The predicted molar refractivity (Wildman–Crippen MR) is 68.7 cm³/mol. The Morgan fingerprint density at radius 3 is 2.44 bits per heavy atom. The fourth-order valence-electron chi connectivity index (χ4n) is 1.91. The number of nitrogens with two attached hydrogens (primary N) is 1. The molecule has 0 aromatic rings. The first kappa shape index (κ1) is 15.7. The number of rotatable bonds is 5. The molecule has 1 amide bonds. The third-order valence-electron chi connectivity index (χ3n) is 2.81. The van der Waals surface area contributed by atoms with Gasteiger partial charge in [0.25, 0.3) is 0 Å². The minimum atomic E-state index is -0.399. The van der Waals surface area contributed by atoms with Crippen molar-refractivity contribution in [1.29, 1.82) is 0 Å². The summed E-state index contributed by atoms with van der Waals surface area (Å²) in [5, 5.41) is 2.87. The van der Waals surface area contributed by atoms with Crippen LogP contribution >= 0.6 is 12.4 Å². The van der Waals surface area contributed by atoms with Crippen molar-refractivity contribution in [2.45, 2.75) is 32.7 Å². The summed E-state index contributed by atoms with van der Waals surface area (Å²) in [4.78, 5) is 13.7. The molecule has 5 heteroatoms. The van der Waals surface area contributed by atoms with E-state index in [1.54, 1.807) is 6.92 Å². The van der Waals surface area contributed by atoms with Gasteiger partial charge in [0, 0.05) is 13.1 Å². The van der Waals surface area contributed by atoms with E-state index < -0.39 is 6.04 Å². The molecule has 96 valence electrons. The summed E-state index contributed by atoms with van der Waals surface area (Å²) >= 11 is 0. The summed E-state index contributed by atoms with van der Waals surface area (Å²) in [6.45, 7) is 8.12. The number of halogens is 1. The largest absolute Gasteiger partial charge is 0.354 e. The highest BCUT2D eigenvalue weighted by molar-refractivity contribution is 5.85. The van der Waals surface area contributed by atoms with Gasteiger partial charge in [0.05, 0.1) is 6.04 Å². The van der Waals surface area contributed by atoms with E-state index in [4.69, 9.17) is 5.73 Å². The molecule has 4 nitrogen and oxygen atoms in total. The first-order chi connectivity index (χ1) is 7.09. The highest BCUT2D eigenvalue weighted by Gasteiger charge is 2.15. The molecule has 0 aromatic carbocycles. The summed E-state index contributed by atoms with van der Waals surface area (Å²) in [5.41, 5.74) is 5.46. The lowest BCUT2D eigenvalue weighted by atomic mass is 10.1. The number of carbonyl (C=O) groups excluding carboxylic acids is 1. The SMILES string of the molecule is CC(CNC(=O)C(C)N)CN1CCCC1.Cl. The molecule has 3 N–H and O–H groups in total. The second kappa shape index (κ2) is 7.87. The smallest absolute Gasteiger partial charge is 0.236 e. The standard InChI is InChI=1S/C11H23N3O.ClH/c1-9(7-13-11(15)10(2)12)8-14-5-3-4-6-14;/h9-10H,3-8,12H2,1-2H3,(H,13,15);1H. The van der Waals surface area contributed by atoms with Gasteiger partial charge in [-0.25, -0.2) is 0 Å². The van der Waals surface area contributed by atoms with E-state index in [1.165, 1.54) is 25.9 Å². The monoisotopic (exact) mass is 249 g/mol. The number of hydrogen-bond donors (Lipinski definition) is 2. The van der Waals surface area contributed by atoms with E-state index in [2.05, 4.69) is 17.1 Å². The van der Waals surface area contributed by atoms with Crippen LogP contribution in [0.5, 0.6) is 0 Å². The fraction of sp³-hybridized carbons (Fsp3) is 0.909. The van der Waals surface area contributed by atoms with Crippen molar-refractivity contribution < 1.29 is 4.79 Å². The van der Waals surface area contributed by atoms with E-state index in [0.717, 1.165) is 13.1 Å². The van der Waals surface area contributed by atoms with Crippen LogP contribution in [0.1, 0.15) is 26.7 Å². The molecular weight excluding hydrogens is 226 g/mol. The molecule has 0 radical (unpaired) electrons. The molecule has 1 rings (SSSR count). The van der Waals surface area contributed by atoms with Gasteiger partial charge in [-0.05, 0) is 38.8 Å². The molecule has 0 aromatic heterocycles. The van der Waals surface area contributed by atoms with Crippen molar-refractivity contribution in [2.24, 2.45) is 11.7 Å². The van der Waals surface area contributed by atoms with Gasteiger partial charge in [-0.1, -0.05) is 6.92 Å². The summed E-state index contributed by atoms with van der Waals surface area (Å²) in [6.07, 6.45) is 2.64. The first-order valence-electron chi connectivity index (χ1n) is 5.85. The zero-order chi connectivity index (χ0) is 11.3. The van der Waals surface area contributed by atoms with Gasteiger partial charge in [-0.2, -0.15) is 0 Å². The topological polar surface area (TPSA) is 58.4 Å². The van der Waals surface area contributed by atoms with Crippen LogP contribution in [0.3, 0.4) is 0 Å². The maximum Gasteiger partial charge on any atom is 0.236 e. The number of likely N-dealkylation sites (tertiary alicyclic amines) is 1. The number of amides is 1. The Morgan fingerprint density at radius 2 is 1.94 bits per heavy atom.